The zero-order valence-corrected chi connectivity index (χ0v) is 13.3. The fraction of sp³-hybridized carbons (Fsp3) is 0.188. The number of hydrogen-bond acceptors (Lipinski definition) is 3. The molecule has 0 aromatic heterocycles. The van der Waals surface area contributed by atoms with Crippen molar-refractivity contribution in [2.24, 2.45) is 0 Å². The number of anilines is 2. The maximum atomic E-state index is 11.9. The standard InChI is InChI=1S/C16H17BrN2O2/c1-21-13-6-4-5-12(11-13)18-10-9-16(20)19-15-8-3-2-7-14(15)17/h2-8,11,18H,9-10H2,1H3,(H,19,20). The second-order valence-corrected chi connectivity index (χ2v) is 5.29. The highest BCUT2D eigenvalue weighted by Crippen LogP contribution is 2.21. The summed E-state index contributed by atoms with van der Waals surface area (Å²) >= 11 is 3.40. The van der Waals surface area contributed by atoms with Crippen LogP contribution in [0.25, 0.3) is 0 Å². The zero-order valence-electron chi connectivity index (χ0n) is 11.7. The van der Waals surface area contributed by atoms with E-state index in [2.05, 4.69) is 26.6 Å². The number of ether oxygens (including phenoxy) is 1. The molecule has 0 saturated carbocycles. The van der Waals surface area contributed by atoms with Crippen LogP contribution in [0.4, 0.5) is 11.4 Å². The molecule has 0 radical (unpaired) electrons. The maximum Gasteiger partial charge on any atom is 0.226 e. The van der Waals surface area contributed by atoms with E-state index in [1.165, 1.54) is 0 Å². The first-order chi connectivity index (χ1) is 10.2. The van der Waals surface area contributed by atoms with Gasteiger partial charge in [-0.05, 0) is 40.2 Å². The number of nitrogens with one attached hydrogen (secondary N) is 2. The Bertz CT molecular complexity index is 617. The van der Waals surface area contributed by atoms with Crippen LogP contribution in [0.3, 0.4) is 0 Å². The lowest BCUT2D eigenvalue weighted by Crippen LogP contribution is -2.16. The minimum atomic E-state index is -0.0303. The molecular formula is C16H17BrN2O2. The van der Waals surface area contributed by atoms with Gasteiger partial charge in [0.2, 0.25) is 5.91 Å². The first-order valence-electron chi connectivity index (χ1n) is 6.61. The van der Waals surface area contributed by atoms with E-state index in [1.807, 2.05) is 48.5 Å². The molecule has 0 unspecified atom stereocenters. The first kappa shape index (κ1) is 15.4. The molecule has 0 bridgehead atoms. The van der Waals surface area contributed by atoms with Gasteiger partial charge in [0.25, 0.3) is 0 Å². The summed E-state index contributed by atoms with van der Waals surface area (Å²) in [6, 6.07) is 15.2. The second kappa shape index (κ2) is 7.69. The van der Waals surface area contributed by atoms with Crippen LogP contribution in [0.5, 0.6) is 5.75 Å². The molecule has 0 spiro atoms. The van der Waals surface area contributed by atoms with Gasteiger partial charge in [0, 0.05) is 29.2 Å². The SMILES string of the molecule is COc1cccc(NCCC(=O)Nc2ccccc2Br)c1. The third-order valence-corrected chi connectivity index (χ3v) is 3.59. The van der Waals surface area contributed by atoms with Crippen molar-refractivity contribution in [1.82, 2.24) is 0 Å². The number of carbonyl (C=O) groups excluding carboxylic acids is 1. The average Bonchev–Trinajstić information content (AvgIpc) is 2.50. The van der Waals surface area contributed by atoms with Crippen molar-refractivity contribution < 1.29 is 9.53 Å². The molecule has 4 nitrogen and oxygen atoms in total. The highest BCUT2D eigenvalue weighted by atomic mass is 79.9. The van der Waals surface area contributed by atoms with Crippen LogP contribution in [0.15, 0.2) is 53.0 Å². The Morgan fingerprint density at radius 1 is 1.19 bits per heavy atom. The summed E-state index contributed by atoms with van der Waals surface area (Å²) in [5.41, 5.74) is 1.71. The van der Waals surface area contributed by atoms with Gasteiger partial charge in [0.1, 0.15) is 5.75 Å². The van der Waals surface area contributed by atoms with Crippen molar-refractivity contribution in [1.29, 1.82) is 0 Å². The Kier molecular flexibility index (Phi) is 5.63. The van der Waals surface area contributed by atoms with Gasteiger partial charge in [-0.25, -0.2) is 0 Å². The molecule has 5 heteroatoms. The van der Waals surface area contributed by atoms with E-state index in [0.717, 1.165) is 21.6 Å². The highest BCUT2D eigenvalue weighted by Gasteiger charge is 2.04. The van der Waals surface area contributed by atoms with Gasteiger partial charge < -0.3 is 15.4 Å². The topological polar surface area (TPSA) is 50.4 Å². The van der Waals surface area contributed by atoms with Crippen molar-refractivity contribution in [3.05, 3.63) is 53.0 Å². The molecule has 0 atom stereocenters. The predicted octanol–water partition coefficient (Wildman–Crippen LogP) is 3.90. The summed E-state index contributed by atoms with van der Waals surface area (Å²) in [4.78, 5) is 11.9. The number of halogens is 1. The summed E-state index contributed by atoms with van der Waals surface area (Å²) in [5.74, 6) is 0.759. The van der Waals surface area contributed by atoms with E-state index < -0.39 is 0 Å². The summed E-state index contributed by atoms with van der Waals surface area (Å²) < 4.78 is 6.02. The molecule has 0 aliphatic carbocycles. The van der Waals surface area contributed by atoms with E-state index in [-0.39, 0.29) is 5.91 Å². The zero-order chi connectivity index (χ0) is 15.1. The molecule has 2 rings (SSSR count). The quantitative estimate of drug-likeness (QED) is 0.832. The number of para-hydroxylation sites is 1. The molecule has 2 aromatic rings. The predicted molar refractivity (Wildman–Crippen MR) is 88.9 cm³/mol. The average molecular weight is 349 g/mol. The third-order valence-electron chi connectivity index (χ3n) is 2.90. The first-order valence-corrected chi connectivity index (χ1v) is 7.40. The van der Waals surface area contributed by atoms with Crippen LogP contribution >= 0.6 is 15.9 Å². The minimum absolute atomic E-state index is 0.0303. The molecule has 0 aliphatic rings. The third kappa shape index (κ3) is 4.79. The van der Waals surface area contributed by atoms with Gasteiger partial charge in [-0.3, -0.25) is 4.79 Å². The van der Waals surface area contributed by atoms with Crippen LogP contribution in [0.2, 0.25) is 0 Å². The number of amides is 1. The Morgan fingerprint density at radius 3 is 2.76 bits per heavy atom. The lowest BCUT2D eigenvalue weighted by Gasteiger charge is -2.09. The van der Waals surface area contributed by atoms with Gasteiger partial charge in [0.05, 0.1) is 12.8 Å². The van der Waals surface area contributed by atoms with Gasteiger partial charge in [-0.15, -0.1) is 0 Å². The van der Waals surface area contributed by atoms with Crippen LogP contribution in [0.1, 0.15) is 6.42 Å². The van der Waals surface area contributed by atoms with E-state index >= 15 is 0 Å². The van der Waals surface area contributed by atoms with Crippen LogP contribution in [0, 0.1) is 0 Å². The Hall–Kier alpha value is -2.01. The smallest absolute Gasteiger partial charge is 0.226 e. The fourth-order valence-corrected chi connectivity index (χ4v) is 2.21. The molecule has 2 N–H and O–H groups in total. The van der Waals surface area contributed by atoms with Gasteiger partial charge in [-0.1, -0.05) is 18.2 Å². The summed E-state index contributed by atoms with van der Waals surface area (Å²) in [7, 11) is 1.63. The number of carbonyl (C=O) groups is 1. The maximum absolute atomic E-state index is 11.9. The van der Waals surface area contributed by atoms with Crippen LogP contribution < -0.4 is 15.4 Å². The van der Waals surface area contributed by atoms with Crippen molar-refractivity contribution in [3.8, 4) is 5.75 Å². The van der Waals surface area contributed by atoms with Gasteiger partial charge >= 0.3 is 0 Å². The van der Waals surface area contributed by atoms with Crippen LogP contribution in [-0.2, 0) is 4.79 Å². The Labute approximate surface area is 132 Å². The lowest BCUT2D eigenvalue weighted by atomic mass is 10.3. The molecule has 0 aliphatic heterocycles. The number of methoxy groups -OCH3 is 1. The Morgan fingerprint density at radius 2 is 2.00 bits per heavy atom. The molecule has 0 saturated heterocycles. The molecule has 0 fully saturated rings. The summed E-state index contributed by atoms with van der Waals surface area (Å²) in [5, 5.41) is 6.07. The van der Waals surface area contributed by atoms with Crippen LogP contribution in [-0.4, -0.2) is 19.6 Å². The molecule has 21 heavy (non-hydrogen) atoms. The normalized spacial score (nSPS) is 10.0. The second-order valence-electron chi connectivity index (χ2n) is 4.44. The summed E-state index contributed by atoms with van der Waals surface area (Å²) in [6.07, 6.45) is 0.387. The number of rotatable bonds is 6. The van der Waals surface area contributed by atoms with Gasteiger partial charge in [0.15, 0.2) is 0 Å². The van der Waals surface area contributed by atoms with Crippen molar-refractivity contribution in [3.63, 3.8) is 0 Å². The van der Waals surface area contributed by atoms with Gasteiger partial charge in [-0.2, -0.15) is 0 Å². The fourth-order valence-electron chi connectivity index (χ4n) is 1.83. The largest absolute Gasteiger partial charge is 0.497 e. The Balaban J connectivity index is 1.80. The lowest BCUT2D eigenvalue weighted by molar-refractivity contribution is -0.115. The van der Waals surface area contributed by atoms with E-state index in [9.17, 15) is 4.79 Å². The molecule has 110 valence electrons. The van der Waals surface area contributed by atoms with Crippen molar-refractivity contribution >= 4 is 33.2 Å². The van der Waals surface area contributed by atoms with Crippen molar-refractivity contribution in [2.75, 3.05) is 24.3 Å². The molecule has 2 aromatic carbocycles. The molecular weight excluding hydrogens is 332 g/mol. The van der Waals surface area contributed by atoms with E-state index in [1.54, 1.807) is 7.11 Å². The van der Waals surface area contributed by atoms with E-state index in [0.29, 0.717) is 13.0 Å². The summed E-state index contributed by atoms with van der Waals surface area (Å²) in [6.45, 7) is 0.559. The molecule has 0 heterocycles. The minimum Gasteiger partial charge on any atom is -0.497 e. The number of hydrogen-bond donors (Lipinski definition) is 2. The van der Waals surface area contributed by atoms with Crippen molar-refractivity contribution in [2.45, 2.75) is 6.42 Å². The highest BCUT2D eigenvalue weighted by molar-refractivity contribution is 9.10. The monoisotopic (exact) mass is 348 g/mol. The van der Waals surface area contributed by atoms with E-state index in [4.69, 9.17) is 4.74 Å². The molecule has 1 amide bonds. The number of benzene rings is 2.